The van der Waals surface area contributed by atoms with Crippen LogP contribution in [0.4, 0.5) is 0 Å². The lowest BCUT2D eigenvalue weighted by Gasteiger charge is -2.14. The van der Waals surface area contributed by atoms with Crippen molar-refractivity contribution in [1.29, 1.82) is 0 Å². The summed E-state index contributed by atoms with van der Waals surface area (Å²) in [6.45, 7) is 2.72. The summed E-state index contributed by atoms with van der Waals surface area (Å²) in [5.74, 6) is -0.162. The molecule has 4 nitrogen and oxygen atoms in total. The van der Waals surface area contributed by atoms with Crippen molar-refractivity contribution in [3.05, 3.63) is 95.1 Å². The van der Waals surface area contributed by atoms with Gasteiger partial charge >= 0.3 is 5.97 Å². The van der Waals surface area contributed by atoms with E-state index in [1.54, 1.807) is 19.1 Å². The highest BCUT2D eigenvalue weighted by Crippen LogP contribution is 2.45. The Morgan fingerprint density at radius 2 is 1.47 bits per heavy atom. The molecule has 30 heavy (non-hydrogen) atoms. The SMILES string of the molecule is CCOC(=O)c1ccc(CCNC(=O)CC2c3ccccc3-c3ccccc32)cc1. The molecule has 152 valence electrons. The molecule has 0 bridgehead atoms. The average molecular weight is 399 g/mol. The number of ether oxygens (including phenoxy) is 1. The predicted octanol–water partition coefficient (Wildman–Crippen LogP) is 4.72. The number of carbonyl (C=O) groups is 2. The summed E-state index contributed by atoms with van der Waals surface area (Å²) in [6.07, 6.45) is 1.16. The zero-order valence-electron chi connectivity index (χ0n) is 17.1. The Morgan fingerprint density at radius 1 is 0.867 bits per heavy atom. The van der Waals surface area contributed by atoms with Crippen molar-refractivity contribution in [2.45, 2.75) is 25.7 Å². The number of amides is 1. The van der Waals surface area contributed by atoms with E-state index >= 15 is 0 Å². The molecular formula is C26H25NO3. The Kier molecular flexibility index (Phi) is 5.94. The Hall–Kier alpha value is -3.40. The van der Waals surface area contributed by atoms with Crippen LogP contribution in [-0.4, -0.2) is 25.0 Å². The Balaban J connectivity index is 1.34. The van der Waals surface area contributed by atoms with Crippen LogP contribution in [0.3, 0.4) is 0 Å². The monoisotopic (exact) mass is 399 g/mol. The third kappa shape index (κ3) is 4.13. The molecule has 0 atom stereocenters. The minimum atomic E-state index is -0.311. The molecule has 1 N–H and O–H groups in total. The van der Waals surface area contributed by atoms with E-state index in [0.717, 1.165) is 5.56 Å². The third-order valence-electron chi connectivity index (χ3n) is 5.55. The molecule has 0 radical (unpaired) electrons. The zero-order chi connectivity index (χ0) is 20.9. The van der Waals surface area contributed by atoms with Gasteiger partial charge in [0.25, 0.3) is 0 Å². The zero-order valence-corrected chi connectivity index (χ0v) is 17.1. The van der Waals surface area contributed by atoms with Crippen LogP contribution >= 0.6 is 0 Å². The maximum absolute atomic E-state index is 12.7. The van der Waals surface area contributed by atoms with Crippen molar-refractivity contribution in [3.8, 4) is 11.1 Å². The average Bonchev–Trinajstić information content (AvgIpc) is 3.08. The highest BCUT2D eigenvalue weighted by molar-refractivity contribution is 5.89. The number of esters is 1. The summed E-state index contributed by atoms with van der Waals surface area (Å²) >= 11 is 0. The smallest absolute Gasteiger partial charge is 0.338 e. The summed E-state index contributed by atoms with van der Waals surface area (Å²) in [4.78, 5) is 24.4. The van der Waals surface area contributed by atoms with Gasteiger partial charge in [0.1, 0.15) is 0 Å². The Morgan fingerprint density at radius 3 is 2.07 bits per heavy atom. The van der Waals surface area contributed by atoms with Crippen LogP contribution in [-0.2, 0) is 16.0 Å². The van der Waals surface area contributed by atoms with Gasteiger partial charge in [-0.15, -0.1) is 0 Å². The predicted molar refractivity (Wildman–Crippen MR) is 117 cm³/mol. The molecule has 0 saturated carbocycles. The van der Waals surface area contributed by atoms with Crippen LogP contribution in [0.5, 0.6) is 0 Å². The van der Waals surface area contributed by atoms with Gasteiger partial charge in [-0.1, -0.05) is 60.7 Å². The van der Waals surface area contributed by atoms with E-state index in [0.29, 0.717) is 31.6 Å². The molecule has 0 aromatic heterocycles. The lowest BCUT2D eigenvalue weighted by Crippen LogP contribution is -2.27. The number of fused-ring (bicyclic) bond motifs is 3. The highest BCUT2D eigenvalue weighted by Gasteiger charge is 2.29. The molecule has 0 fully saturated rings. The van der Waals surface area contributed by atoms with Crippen LogP contribution in [0.2, 0.25) is 0 Å². The van der Waals surface area contributed by atoms with Crippen LogP contribution in [0, 0.1) is 0 Å². The fraction of sp³-hybridized carbons (Fsp3) is 0.231. The fourth-order valence-corrected chi connectivity index (χ4v) is 4.11. The second kappa shape index (κ2) is 8.95. The first kappa shape index (κ1) is 19.9. The topological polar surface area (TPSA) is 55.4 Å². The van der Waals surface area contributed by atoms with E-state index < -0.39 is 0 Å². The molecular weight excluding hydrogens is 374 g/mol. The van der Waals surface area contributed by atoms with Crippen LogP contribution < -0.4 is 5.32 Å². The molecule has 1 aliphatic carbocycles. The molecule has 1 amide bonds. The minimum absolute atomic E-state index is 0.0506. The van der Waals surface area contributed by atoms with E-state index in [1.165, 1.54) is 22.3 Å². The molecule has 0 saturated heterocycles. The summed E-state index contributed by atoms with van der Waals surface area (Å²) in [7, 11) is 0. The molecule has 4 heteroatoms. The standard InChI is InChI=1S/C26H25NO3/c1-2-30-26(29)19-13-11-18(12-14-19)15-16-27-25(28)17-24-22-9-5-3-7-20(22)21-8-4-6-10-23(21)24/h3-14,24H,2,15-17H2,1H3,(H,27,28). The number of nitrogens with one attached hydrogen (secondary N) is 1. The van der Waals surface area contributed by atoms with Gasteiger partial charge in [0.2, 0.25) is 5.91 Å². The van der Waals surface area contributed by atoms with Gasteiger partial charge < -0.3 is 10.1 Å². The van der Waals surface area contributed by atoms with E-state index in [1.807, 2.05) is 36.4 Å². The number of benzene rings is 3. The summed E-state index contributed by atoms with van der Waals surface area (Å²) < 4.78 is 5.00. The van der Waals surface area contributed by atoms with Gasteiger partial charge in [0, 0.05) is 18.9 Å². The number of hydrogen-bond donors (Lipinski definition) is 1. The third-order valence-corrected chi connectivity index (χ3v) is 5.55. The molecule has 0 heterocycles. The first-order valence-electron chi connectivity index (χ1n) is 10.4. The van der Waals surface area contributed by atoms with Crippen molar-refractivity contribution in [2.75, 3.05) is 13.2 Å². The minimum Gasteiger partial charge on any atom is -0.462 e. The van der Waals surface area contributed by atoms with E-state index in [-0.39, 0.29) is 17.8 Å². The summed E-state index contributed by atoms with van der Waals surface area (Å²) in [6, 6.07) is 24.0. The molecule has 0 aliphatic heterocycles. The maximum atomic E-state index is 12.7. The van der Waals surface area contributed by atoms with Crippen LogP contribution in [0.1, 0.15) is 46.3 Å². The van der Waals surface area contributed by atoms with Gasteiger partial charge in [0.05, 0.1) is 12.2 Å². The fourth-order valence-electron chi connectivity index (χ4n) is 4.11. The van der Waals surface area contributed by atoms with Gasteiger partial charge in [-0.2, -0.15) is 0 Å². The largest absolute Gasteiger partial charge is 0.462 e. The second-order valence-electron chi connectivity index (χ2n) is 7.45. The van der Waals surface area contributed by atoms with Crippen LogP contribution in [0.15, 0.2) is 72.8 Å². The van der Waals surface area contributed by atoms with Crippen LogP contribution in [0.25, 0.3) is 11.1 Å². The molecule has 3 aromatic rings. The summed E-state index contributed by atoms with van der Waals surface area (Å²) in [5, 5.41) is 3.05. The molecule has 0 spiro atoms. The normalized spacial score (nSPS) is 12.2. The van der Waals surface area contributed by atoms with Gasteiger partial charge in [-0.3, -0.25) is 4.79 Å². The van der Waals surface area contributed by atoms with Gasteiger partial charge in [-0.25, -0.2) is 4.79 Å². The Bertz CT molecular complexity index is 1010. The van der Waals surface area contributed by atoms with Gasteiger partial charge in [-0.05, 0) is 53.3 Å². The van der Waals surface area contributed by atoms with E-state index in [9.17, 15) is 9.59 Å². The quantitative estimate of drug-likeness (QED) is 0.585. The first-order valence-corrected chi connectivity index (χ1v) is 10.4. The van der Waals surface area contributed by atoms with Crippen molar-refractivity contribution in [3.63, 3.8) is 0 Å². The molecule has 4 rings (SSSR count). The number of carbonyl (C=O) groups excluding carboxylic acids is 2. The highest BCUT2D eigenvalue weighted by atomic mass is 16.5. The van der Waals surface area contributed by atoms with Gasteiger partial charge in [0.15, 0.2) is 0 Å². The Labute approximate surface area is 176 Å². The lowest BCUT2D eigenvalue weighted by molar-refractivity contribution is -0.121. The maximum Gasteiger partial charge on any atom is 0.338 e. The van der Waals surface area contributed by atoms with E-state index in [2.05, 4.69) is 29.6 Å². The first-order chi connectivity index (χ1) is 14.7. The number of hydrogen-bond acceptors (Lipinski definition) is 3. The summed E-state index contributed by atoms with van der Waals surface area (Å²) in [5.41, 5.74) is 6.52. The number of rotatable bonds is 7. The molecule has 3 aromatic carbocycles. The molecule has 0 unspecified atom stereocenters. The van der Waals surface area contributed by atoms with E-state index in [4.69, 9.17) is 4.74 Å². The van der Waals surface area contributed by atoms with Crippen molar-refractivity contribution in [1.82, 2.24) is 5.32 Å². The second-order valence-corrected chi connectivity index (χ2v) is 7.45. The van der Waals surface area contributed by atoms with Crippen molar-refractivity contribution in [2.24, 2.45) is 0 Å². The van der Waals surface area contributed by atoms with Crippen molar-refractivity contribution < 1.29 is 14.3 Å². The van der Waals surface area contributed by atoms with Crippen molar-refractivity contribution >= 4 is 11.9 Å². The lowest BCUT2D eigenvalue weighted by atomic mass is 9.93. The molecule has 1 aliphatic rings.